The number of alkyl halides is 3. The number of halogens is 4. The van der Waals surface area contributed by atoms with Crippen LogP contribution in [0.2, 0.25) is 0 Å². The van der Waals surface area contributed by atoms with Crippen molar-refractivity contribution < 1.29 is 22.7 Å². The van der Waals surface area contributed by atoms with Crippen LogP contribution in [0.15, 0.2) is 24.3 Å². The first-order valence-electron chi connectivity index (χ1n) is 8.18. The number of rotatable bonds is 7. The van der Waals surface area contributed by atoms with Gasteiger partial charge in [-0.25, -0.2) is 0 Å². The van der Waals surface area contributed by atoms with Gasteiger partial charge in [-0.3, -0.25) is 4.79 Å². The first-order valence-corrected chi connectivity index (χ1v) is 8.18. The third-order valence-electron chi connectivity index (χ3n) is 4.03. The molecule has 1 amide bonds. The molecule has 1 heterocycles. The molecule has 0 saturated carbocycles. The highest BCUT2D eigenvalue weighted by molar-refractivity contribution is 5.85. The molecule has 2 rings (SSSR count). The summed E-state index contributed by atoms with van der Waals surface area (Å²) >= 11 is 0. The predicted molar refractivity (Wildman–Crippen MR) is 91.9 cm³/mol. The molecule has 0 aromatic heterocycles. The smallest absolute Gasteiger partial charge is 0.422 e. The second-order valence-corrected chi connectivity index (χ2v) is 6.06. The Kier molecular flexibility index (Phi) is 9.06. The molecule has 0 bridgehead atoms. The van der Waals surface area contributed by atoms with Gasteiger partial charge in [0, 0.05) is 13.0 Å². The maximum absolute atomic E-state index is 12.1. The molecule has 0 atom stereocenters. The third-order valence-corrected chi connectivity index (χ3v) is 4.03. The summed E-state index contributed by atoms with van der Waals surface area (Å²) in [5.74, 6) is 0.708. The van der Waals surface area contributed by atoms with Gasteiger partial charge in [0.05, 0.1) is 0 Å². The zero-order chi connectivity index (χ0) is 17.4. The summed E-state index contributed by atoms with van der Waals surface area (Å²) < 4.78 is 41.1. The quantitative estimate of drug-likeness (QED) is 0.761. The van der Waals surface area contributed by atoms with Crippen molar-refractivity contribution in [2.45, 2.75) is 38.4 Å². The maximum atomic E-state index is 12.1. The number of hydrogen-bond acceptors (Lipinski definition) is 3. The second kappa shape index (κ2) is 10.5. The van der Waals surface area contributed by atoms with Crippen LogP contribution in [0.25, 0.3) is 0 Å². The van der Waals surface area contributed by atoms with E-state index in [1.165, 1.54) is 12.1 Å². The lowest BCUT2D eigenvalue weighted by Gasteiger charge is -2.22. The lowest BCUT2D eigenvalue weighted by molar-refractivity contribution is -0.153. The van der Waals surface area contributed by atoms with Crippen LogP contribution in [0, 0.1) is 5.92 Å². The van der Waals surface area contributed by atoms with Crippen molar-refractivity contribution in [2.24, 2.45) is 5.92 Å². The van der Waals surface area contributed by atoms with E-state index >= 15 is 0 Å². The van der Waals surface area contributed by atoms with Crippen molar-refractivity contribution in [3.05, 3.63) is 29.8 Å². The van der Waals surface area contributed by atoms with Crippen LogP contribution < -0.4 is 15.4 Å². The molecule has 0 aliphatic carbocycles. The molecule has 142 valence electrons. The number of ether oxygens (including phenoxy) is 1. The van der Waals surface area contributed by atoms with E-state index in [-0.39, 0.29) is 30.6 Å². The number of carbonyl (C=O) groups is 1. The molecule has 1 aromatic carbocycles. The molecular weight excluding hydrogens is 357 g/mol. The first kappa shape index (κ1) is 21.6. The molecule has 25 heavy (non-hydrogen) atoms. The van der Waals surface area contributed by atoms with Gasteiger partial charge in [0.25, 0.3) is 0 Å². The Morgan fingerprint density at radius 2 is 2.00 bits per heavy atom. The minimum Gasteiger partial charge on any atom is -0.484 e. The van der Waals surface area contributed by atoms with Crippen LogP contribution in [0.1, 0.15) is 31.2 Å². The summed E-state index contributed by atoms with van der Waals surface area (Å²) in [7, 11) is 0. The molecule has 1 aliphatic heterocycles. The highest BCUT2D eigenvalue weighted by atomic mass is 35.5. The normalized spacial score (nSPS) is 15.3. The van der Waals surface area contributed by atoms with Crippen molar-refractivity contribution >= 4 is 18.3 Å². The summed E-state index contributed by atoms with van der Waals surface area (Å²) in [6.07, 6.45) is -0.798. The SMILES string of the molecule is Cl.O=C(CCC1CCNCC1)NCc1cccc(OCC(F)(F)F)c1. The van der Waals surface area contributed by atoms with E-state index in [4.69, 9.17) is 4.74 Å². The van der Waals surface area contributed by atoms with E-state index in [1.54, 1.807) is 12.1 Å². The minimum absolute atomic E-state index is 0. The number of carbonyl (C=O) groups excluding carboxylic acids is 1. The molecule has 8 heteroatoms. The van der Waals surface area contributed by atoms with E-state index in [9.17, 15) is 18.0 Å². The topological polar surface area (TPSA) is 50.4 Å². The fraction of sp³-hybridized carbons (Fsp3) is 0.588. The van der Waals surface area contributed by atoms with Crippen LogP contribution in [0.4, 0.5) is 13.2 Å². The Bertz CT molecular complexity index is 535. The molecule has 0 radical (unpaired) electrons. The first-order chi connectivity index (χ1) is 11.4. The summed E-state index contributed by atoms with van der Waals surface area (Å²) in [5, 5.41) is 6.10. The van der Waals surface area contributed by atoms with Gasteiger partial charge in [-0.05, 0) is 56.0 Å². The predicted octanol–water partition coefficient (Wildman–Crippen LogP) is 3.45. The zero-order valence-electron chi connectivity index (χ0n) is 13.9. The van der Waals surface area contributed by atoms with Gasteiger partial charge >= 0.3 is 6.18 Å². The molecule has 0 spiro atoms. The van der Waals surface area contributed by atoms with Gasteiger partial charge in [-0.1, -0.05) is 12.1 Å². The van der Waals surface area contributed by atoms with Gasteiger partial charge < -0.3 is 15.4 Å². The number of nitrogens with one attached hydrogen (secondary N) is 2. The molecular formula is C17H24ClF3N2O2. The molecule has 1 aromatic rings. The van der Waals surface area contributed by atoms with Crippen molar-refractivity contribution in [1.82, 2.24) is 10.6 Å². The van der Waals surface area contributed by atoms with Crippen LogP contribution in [0.3, 0.4) is 0 Å². The molecule has 4 nitrogen and oxygen atoms in total. The summed E-state index contributed by atoms with van der Waals surface area (Å²) in [5.41, 5.74) is 0.713. The Labute approximate surface area is 151 Å². The van der Waals surface area contributed by atoms with E-state index < -0.39 is 12.8 Å². The Morgan fingerprint density at radius 3 is 2.68 bits per heavy atom. The van der Waals surface area contributed by atoms with Crippen LogP contribution in [0.5, 0.6) is 5.75 Å². The summed E-state index contributed by atoms with van der Waals surface area (Å²) in [6.45, 7) is 0.987. The Morgan fingerprint density at radius 1 is 1.28 bits per heavy atom. The van der Waals surface area contributed by atoms with E-state index in [0.29, 0.717) is 17.9 Å². The number of piperidine rings is 1. The van der Waals surface area contributed by atoms with Crippen molar-refractivity contribution in [3.63, 3.8) is 0 Å². The van der Waals surface area contributed by atoms with Crippen molar-refractivity contribution in [2.75, 3.05) is 19.7 Å². The molecule has 2 N–H and O–H groups in total. The van der Waals surface area contributed by atoms with Gasteiger partial charge in [-0.2, -0.15) is 13.2 Å². The Hall–Kier alpha value is -1.47. The van der Waals surface area contributed by atoms with Crippen LogP contribution >= 0.6 is 12.4 Å². The lowest BCUT2D eigenvalue weighted by atomic mass is 9.93. The third kappa shape index (κ3) is 8.97. The highest BCUT2D eigenvalue weighted by Crippen LogP contribution is 2.20. The van der Waals surface area contributed by atoms with Crippen molar-refractivity contribution in [1.29, 1.82) is 0 Å². The molecule has 0 unspecified atom stereocenters. The average molecular weight is 381 g/mol. The van der Waals surface area contributed by atoms with Gasteiger partial charge in [0.2, 0.25) is 5.91 Å². The summed E-state index contributed by atoms with van der Waals surface area (Å²) in [6, 6.07) is 6.34. The van der Waals surface area contributed by atoms with E-state index in [0.717, 1.165) is 32.4 Å². The average Bonchev–Trinajstić information content (AvgIpc) is 2.57. The monoisotopic (exact) mass is 380 g/mol. The largest absolute Gasteiger partial charge is 0.484 e. The fourth-order valence-electron chi connectivity index (χ4n) is 2.71. The molecule has 1 fully saturated rings. The maximum Gasteiger partial charge on any atom is 0.422 e. The van der Waals surface area contributed by atoms with Gasteiger partial charge in [0.15, 0.2) is 6.61 Å². The van der Waals surface area contributed by atoms with Gasteiger partial charge in [0.1, 0.15) is 5.75 Å². The Balaban J connectivity index is 0.00000312. The fourth-order valence-corrected chi connectivity index (χ4v) is 2.71. The minimum atomic E-state index is -4.36. The molecule has 1 saturated heterocycles. The van der Waals surface area contributed by atoms with Crippen molar-refractivity contribution in [3.8, 4) is 5.75 Å². The lowest BCUT2D eigenvalue weighted by Crippen LogP contribution is -2.29. The number of benzene rings is 1. The van der Waals surface area contributed by atoms with E-state index in [2.05, 4.69) is 10.6 Å². The second-order valence-electron chi connectivity index (χ2n) is 6.06. The highest BCUT2D eigenvalue weighted by Gasteiger charge is 2.28. The van der Waals surface area contributed by atoms with Gasteiger partial charge in [-0.15, -0.1) is 12.4 Å². The van der Waals surface area contributed by atoms with Crippen LogP contribution in [-0.4, -0.2) is 31.8 Å². The van der Waals surface area contributed by atoms with E-state index in [1.807, 2.05) is 0 Å². The molecule has 1 aliphatic rings. The zero-order valence-corrected chi connectivity index (χ0v) is 14.7. The van der Waals surface area contributed by atoms with Crippen LogP contribution in [-0.2, 0) is 11.3 Å². The number of amides is 1. The summed E-state index contributed by atoms with van der Waals surface area (Å²) in [4.78, 5) is 11.9. The number of hydrogen-bond donors (Lipinski definition) is 2. The standard InChI is InChI=1S/C17H23F3N2O2.ClH/c18-17(19,20)12-24-15-3-1-2-14(10-15)11-22-16(23)5-4-13-6-8-21-9-7-13;/h1-3,10,13,21H,4-9,11-12H2,(H,22,23);1H.